The van der Waals surface area contributed by atoms with E-state index < -0.39 is 17.5 Å². The Morgan fingerprint density at radius 2 is 1.90 bits per heavy atom. The molecule has 0 spiro atoms. The van der Waals surface area contributed by atoms with Crippen LogP contribution in [-0.2, 0) is 4.79 Å². The summed E-state index contributed by atoms with van der Waals surface area (Å²) < 4.78 is 0.855. The number of nitrogens with one attached hydrogen (secondary N) is 1. The van der Waals surface area contributed by atoms with E-state index in [2.05, 4.69) is 21.2 Å². The van der Waals surface area contributed by atoms with Crippen molar-refractivity contribution in [1.82, 2.24) is 4.90 Å². The van der Waals surface area contributed by atoms with Crippen molar-refractivity contribution in [2.24, 2.45) is 0 Å². The molecule has 0 fully saturated rings. The van der Waals surface area contributed by atoms with Crippen LogP contribution >= 0.6 is 15.9 Å². The summed E-state index contributed by atoms with van der Waals surface area (Å²) in [6.07, 6.45) is 0. The number of halogens is 1. The minimum Gasteiger partial charge on any atom is -0.480 e. The minimum atomic E-state index is -1.04. The maximum atomic E-state index is 12.3. The number of carboxylic acids is 1. The largest absolute Gasteiger partial charge is 0.480 e. The standard InChI is InChI=1S/C14H19BrN2O3/c1-9-5-10(15)7-11(6-9)16-13(20)17(8-12(18)19)14(2,3)4/h5-7H,8H2,1-4H3,(H,16,20)(H,18,19). The van der Waals surface area contributed by atoms with Gasteiger partial charge in [-0.25, -0.2) is 4.79 Å². The molecular formula is C14H19BrN2O3. The van der Waals surface area contributed by atoms with Gasteiger partial charge in [0.15, 0.2) is 0 Å². The first kappa shape index (κ1) is 16.5. The molecule has 6 heteroatoms. The van der Waals surface area contributed by atoms with Crippen molar-refractivity contribution in [1.29, 1.82) is 0 Å². The van der Waals surface area contributed by atoms with Crippen LogP contribution in [0.4, 0.5) is 10.5 Å². The molecule has 0 aliphatic heterocycles. The second-order valence-electron chi connectivity index (χ2n) is 5.60. The molecule has 0 saturated carbocycles. The molecule has 0 bridgehead atoms. The Kier molecular flexibility index (Phi) is 5.16. The zero-order valence-electron chi connectivity index (χ0n) is 12.0. The quantitative estimate of drug-likeness (QED) is 0.883. The normalized spacial score (nSPS) is 11.1. The molecule has 0 radical (unpaired) electrons. The van der Waals surface area contributed by atoms with E-state index in [0.717, 1.165) is 10.0 Å². The van der Waals surface area contributed by atoms with Gasteiger partial charge in [0, 0.05) is 15.7 Å². The van der Waals surface area contributed by atoms with Gasteiger partial charge >= 0.3 is 12.0 Å². The Labute approximate surface area is 127 Å². The number of benzene rings is 1. The Bertz CT molecular complexity index is 503. The first-order valence-corrected chi connectivity index (χ1v) is 6.96. The second kappa shape index (κ2) is 6.26. The van der Waals surface area contributed by atoms with Crippen LogP contribution in [0.1, 0.15) is 26.3 Å². The number of carbonyl (C=O) groups excluding carboxylic acids is 1. The highest BCUT2D eigenvalue weighted by Crippen LogP contribution is 2.21. The molecule has 2 N–H and O–H groups in total. The van der Waals surface area contributed by atoms with E-state index in [0.29, 0.717) is 5.69 Å². The van der Waals surface area contributed by atoms with E-state index in [9.17, 15) is 9.59 Å². The van der Waals surface area contributed by atoms with Crippen molar-refractivity contribution in [2.75, 3.05) is 11.9 Å². The fraction of sp³-hybridized carbons (Fsp3) is 0.429. The van der Waals surface area contributed by atoms with E-state index in [-0.39, 0.29) is 6.54 Å². The zero-order valence-corrected chi connectivity index (χ0v) is 13.6. The maximum absolute atomic E-state index is 12.3. The lowest BCUT2D eigenvalue weighted by molar-refractivity contribution is -0.138. The highest BCUT2D eigenvalue weighted by Gasteiger charge is 2.28. The number of anilines is 1. The van der Waals surface area contributed by atoms with Crippen LogP contribution < -0.4 is 5.32 Å². The average molecular weight is 343 g/mol. The van der Waals surface area contributed by atoms with Crippen molar-refractivity contribution >= 4 is 33.6 Å². The van der Waals surface area contributed by atoms with E-state index in [1.807, 2.05) is 19.1 Å². The minimum absolute atomic E-state index is 0.345. The van der Waals surface area contributed by atoms with E-state index in [1.165, 1.54) is 4.90 Å². The van der Waals surface area contributed by atoms with Crippen molar-refractivity contribution in [3.8, 4) is 0 Å². The maximum Gasteiger partial charge on any atom is 0.323 e. The van der Waals surface area contributed by atoms with Gasteiger partial charge in [-0.3, -0.25) is 4.79 Å². The van der Waals surface area contributed by atoms with Crippen molar-refractivity contribution in [3.05, 3.63) is 28.2 Å². The molecule has 0 atom stereocenters. The third-order valence-corrected chi connectivity index (χ3v) is 3.10. The summed E-state index contributed by atoms with van der Waals surface area (Å²) in [4.78, 5) is 24.4. The molecule has 0 heterocycles. The molecule has 1 rings (SSSR count). The fourth-order valence-corrected chi connectivity index (χ4v) is 2.36. The Hall–Kier alpha value is -1.56. The summed E-state index contributed by atoms with van der Waals surface area (Å²) in [5, 5.41) is 11.7. The number of aryl methyl sites for hydroxylation is 1. The van der Waals surface area contributed by atoms with Crippen LogP contribution in [0, 0.1) is 6.92 Å². The molecule has 110 valence electrons. The van der Waals surface area contributed by atoms with Gasteiger partial charge < -0.3 is 15.3 Å². The predicted molar refractivity (Wildman–Crippen MR) is 82.0 cm³/mol. The number of aliphatic carboxylic acids is 1. The third-order valence-electron chi connectivity index (χ3n) is 2.64. The van der Waals surface area contributed by atoms with Gasteiger partial charge in [-0.1, -0.05) is 15.9 Å². The van der Waals surface area contributed by atoms with Crippen LogP contribution in [0.2, 0.25) is 0 Å². The van der Waals surface area contributed by atoms with Crippen LogP contribution in [0.25, 0.3) is 0 Å². The van der Waals surface area contributed by atoms with E-state index in [1.54, 1.807) is 26.8 Å². The van der Waals surface area contributed by atoms with Gasteiger partial charge in [-0.15, -0.1) is 0 Å². The lowest BCUT2D eigenvalue weighted by Crippen LogP contribution is -2.50. The number of hydrogen-bond donors (Lipinski definition) is 2. The van der Waals surface area contributed by atoms with Gasteiger partial charge in [0.25, 0.3) is 0 Å². The molecule has 1 aromatic rings. The van der Waals surface area contributed by atoms with E-state index in [4.69, 9.17) is 5.11 Å². The van der Waals surface area contributed by atoms with Gasteiger partial charge in [0.05, 0.1) is 0 Å². The summed E-state index contributed by atoms with van der Waals surface area (Å²) in [5.74, 6) is -1.04. The zero-order chi connectivity index (χ0) is 15.5. The fourth-order valence-electron chi connectivity index (χ4n) is 1.75. The molecule has 0 aromatic heterocycles. The van der Waals surface area contributed by atoms with Gasteiger partial charge in [-0.2, -0.15) is 0 Å². The van der Waals surface area contributed by atoms with Crippen molar-refractivity contribution < 1.29 is 14.7 Å². The number of nitrogens with zero attached hydrogens (tertiary/aromatic N) is 1. The second-order valence-corrected chi connectivity index (χ2v) is 6.51. The molecule has 0 aliphatic carbocycles. The molecule has 0 aliphatic rings. The monoisotopic (exact) mass is 342 g/mol. The first-order valence-electron chi connectivity index (χ1n) is 6.17. The SMILES string of the molecule is Cc1cc(Br)cc(NC(=O)N(CC(=O)O)C(C)(C)C)c1. The number of urea groups is 1. The molecule has 0 saturated heterocycles. The number of rotatable bonds is 3. The molecule has 5 nitrogen and oxygen atoms in total. The van der Waals surface area contributed by atoms with Crippen LogP contribution in [-0.4, -0.2) is 34.1 Å². The smallest absolute Gasteiger partial charge is 0.323 e. The van der Waals surface area contributed by atoms with Gasteiger partial charge in [0.1, 0.15) is 6.54 Å². The summed E-state index contributed by atoms with van der Waals surface area (Å²) in [7, 11) is 0. The van der Waals surface area contributed by atoms with E-state index >= 15 is 0 Å². The molecular weight excluding hydrogens is 324 g/mol. The molecule has 2 amide bonds. The molecule has 20 heavy (non-hydrogen) atoms. The Morgan fingerprint density at radius 3 is 2.35 bits per heavy atom. The summed E-state index contributed by atoms with van der Waals surface area (Å²) in [6, 6.07) is 5.09. The number of hydrogen-bond acceptors (Lipinski definition) is 2. The lowest BCUT2D eigenvalue weighted by Gasteiger charge is -2.34. The number of carboxylic acid groups (broad SMARTS) is 1. The lowest BCUT2D eigenvalue weighted by atomic mass is 10.1. The number of carbonyl (C=O) groups is 2. The van der Waals surface area contributed by atoms with Gasteiger partial charge in [0.2, 0.25) is 0 Å². The van der Waals surface area contributed by atoms with Crippen LogP contribution in [0.5, 0.6) is 0 Å². The predicted octanol–water partition coefficient (Wildman–Crippen LogP) is 3.47. The molecule has 1 aromatic carbocycles. The van der Waals surface area contributed by atoms with Gasteiger partial charge in [-0.05, 0) is 51.5 Å². The highest BCUT2D eigenvalue weighted by molar-refractivity contribution is 9.10. The first-order chi connectivity index (χ1) is 9.09. The third kappa shape index (κ3) is 4.85. The average Bonchev–Trinajstić information content (AvgIpc) is 2.22. The van der Waals surface area contributed by atoms with Crippen molar-refractivity contribution in [2.45, 2.75) is 33.2 Å². The van der Waals surface area contributed by atoms with Crippen LogP contribution in [0.3, 0.4) is 0 Å². The Morgan fingerprint density at radius 1 is 1.30 bits per heavy atom. The summed E-state index contributed by atoms with van der Waals surface area (Å²) in [5.41, 5.74) is 1.04. The summed E-state index contributed by atoms with van der Waals surface area (Å²) >= 11 is 3.36. The molecule has 0 unspecified atom stereocenters. The topological polar surface area (TPSA) is 69.6 Å². The summed E-state index contributed by atoms with van der Waals surface area (Å²) in [6.45, 7) is 6.95. The van der Waals surface area contributed by atoms with Crippen molar-refractivity contribution in [3.63, 3.8) is 0 Å². The van der Waals surface area contributed by atoms with Crippen LogP contribution in [0.15, 0.2) is 22.7 Å². The Balaban J connectivity index is 2.93. The number of amides is 2. The highest BCUT2D eigenvalue weighted by atomic mass is 79.9.